The summed E-state index contributed by atoms with van der Waals surface area (Å²) in [7, 11) is -5.54. The topological polar surface area (TPSA) is 57.2 Å². The molecule has 0 radical (unpaired) electrons. The molecule has 6 heteroatoms. The summed E-state index contributed by atoms with van der Waals surface area (Å²) in [5, 5.41) is -4.09. The molecule has 2 fully saturated rings. The normalized spacial score (nSPS) is 35.4. The van der Waals surface area contributed by atoms with Gasteiger partial charge in [-0.2, -0.15) is 8.78 Å². The average molecular weight is 267 g/mol. The van der Waals surface area contributed by atoms with Crippen LogP contribution in [0.5, 0.6) is 0 Å². The highest BCUT2D eigenvalue weighted by Gasteiger charge is 2.52. The monoisotopic (exact) mass is 267 g/mol. The van der Waals surface area contributed by atoms with Crippen molar-refractivity contribution in [1.29, 1.82) is 0 Å². The summed E-state index contributed by atoms with van der Waals surface area (Å²) in [6, 6.07) is 0. The predicted molar refractivity (Wildman–Crippen MR) is 57.4 cm³/mol. The lowest BCUT2D eigenvalue weighted by molar-refractivity contribution is -0.0553. The maximum Gasteiger partial charge on any atom is 0.337 e. The second-order valence-electron chi connectivity index (χ2n) is 5.26. The molecule has 17 heavy (non-hydrogen) atoms. The van der Waals surface area contributed by atoms with Gasteiger partial charge >= 0.3 is 5.25 Å². The second-order valence-corrected chi connectivity index (χ2v) is 6.71. The van der Waals surface area contributed by atoms with E-state index < -0.39 is 21.3 Å². The van der Waals surface area contributed by atoms with Crippen LogP contribution in [0.4, 0.5) is 8.78 Å². The molecule has 2 rings (SSSR count). The maximum atomic E-state index is 13.7. The number of hydrogen-bond acceptors (Lipinski definition) is 3. The van der Waals surface area contributed by atoms with Crippen LogP contribution in [-0.2, 0) is 10.1 Å². The molecule has 2 saturated carbocycles. The minimum atomic E-state index is -5.54. The molecule has 0 bridgehead atoms. The Hall–Kier alpha value is -0.230. The maximum absolute atomic E-state index is 13.7. The first-order chi connectivity index (χ1) is 7.84. The van der Waals surface area contributed by atoms with E-state index >= 15 is 0 Å². The molecule has 0 aromatic heterocycles. The van der Waals surface area contributed by atoms with E-state index in [-0.39, 0.29) is 18.3 Å². The number of rotatable bonds is 2. The molecule has 3 nitrogen and oxygen atoms in total. The van der Waals surface area contributed by atoms with Crippen LogP contribution in [-0.4, -0.2) is 18.2 Å². The lowest BCUT2D eigenvalue weighted by Gasteiger charge is -2.44. The Labute approximate surface area is 100 Å². The third kappa shape index (κ3) is 2.34. The Morgan fingerprint density at radius 1 is 1.00 bits per heavy atom. The highest BCUT2D eigenvalue weighted by Crippen LogP contribution is 2.50. The summed E-state index contributed by atoms with van der Waals surface area (Å²) >= 11 is 0. The van der Waals surface area contributed by atoms with Crippen molar-refractivity contribution in [2.24, 2.45) is 17.8 Å². The van der Waals surface area contributed by atoms with Crippen LogP contribution in [0.2, 0.25) is 0 Å². The van der Waals surface area contributed by atoms with Crippen LogP contribution in [0.25, 0.3) is 0 Å². The molecule has 0 aliphatic heterocycles. The van der Waals surface area contributed by atoms with Crippen molar-refractivity contribution in [3.8, 4) is 0 Å². The molecule has 2 aliphatic rings. The van der Waals surface area contributed by atoms with Gasteiger partial charge in [0.1, 0.15) is 0 Å². The zero-order chi connectivity index (χ0) is 12.7. The summed E-state index contributed by atoms with van der Waals surface area (Å²) in [5.74, 6) is -1.35. The summed E-state index contributed by atoms with van der Waals surface area (Å²) in [6.45, 7) is 0. The summed E-state index contributed by atoms with van der Waals surface area (Å²) in [5.41, 5.74) is 0. The molecule has 0 spiro atoms. The molecular formula is C11H17F2O3S-. The van der Waals surface area contributed by atoms with Crippen molar-refractivity contribution in [2.75, 3.05) is 0 Å². The number of alkyl halides is 2. The Morgan fingerprint density at radius 2 is 1.59 bits per heavy atom. The number of halogens is 2. The summed E-state index contributed by atoms with van der Waals surface area (Å²) in [6.07, 6.45) is 5.11. The lowest BCUT2D eigenvalue weighted by Crippen LogP contribution is -2.45. The van der Waals surface area contributed by atoms with E-state index in [1.54, 1.807) is 0 Å². The Kier molecular flexibility index (Phi) is 3.47. The molecular weight excluding hydrogens is 250 g/mol. The van der Waals surface area contributed by atoms with Crippen LogP contribution < -0.4 is 0 Å². The second kappa shape index (κ2) is 4.46. The van der Waals surface area contributed by atoms with Crippen molar-refractivity contribution >= 4 is 10.1 Å². The Bertz CT molecular complexity index is 378. The van der Waals surface area contributed by atoms with Gasteiger partial charge in [0.2, 0.25) is 0 Å². The number of hydrogen-bond donors (Lipinski definition) is 0. The summed E-state index contributed by atoms with van der Waals surface area (Å²) < 4.78 is 59.5. The van der Waals surface area contributed by atoms with Gasteiger partial charge in [-0.3, -0.25) is 0 Å². The number of fused-ring (bicyclic) bond motifs is 1. The zero-order valence-electron chi connectivity index (χ0n) is 9.57. The van der Waals surface area contributed by atoms with Crippen molar-refractivity contribution in [3.05, 3.63) is 0 Å². The van der Waals surface area contributed by atoms with Gasteiger partial charge in [-0.1, -0.05) is 32.1 Å². The average Bonchev–Trinajstić information content (AvgIpc) is 2.26. The van der Waals surface area contributed by atoms with Gasteiger partial charge in [0.15, 0.2) is 10.1 Å². The van der Waals surface area contributed by atoms with Gasteiger partial charge in [0, 0.05) is 5.92 Å². The Morgan fingerprint density at radius 3 is 2.24 bits per heavy atom. The standard InChI is InChI=1S/C11H18F2O3S/c12-11(13,17(14,15)16)10-7-3-5-8-4-1-2-6-9(8)10/h8-10H,1-7H2,(H,14,15,16)/p-1. The van der Waals surface area contributed by atoms with E-state index in [1.807, 2.05) is 0 Å². The van der Waals surface area contributed by atoms with E-state index in [0.29, 0.717) is 12.8 Å². The van der Waals surface area contributed by atoms with Crippen LogP contribution in [0, 0.1) is 17.8 Å². The van der Waals surface area contributed by atoms with Gasteiger partial charge in [-0.25, -0.2) is 8.42 Å². The molecule has 0 aromatic carbocycles. The van der Waals surface area contributed by atoms with Crippen LogP contribution >= 0.6 is 0 Å². The minimum absolute atomic E-state index is 0.162. The van der Waals surface area contributed by atoms with E-state index in [4.69, 9.17) is 0 Å². The van der Waals surface area contributed by atoms with Gasteiger partial charge in [-0.05, 0) is 24.7 Å². The molecule has 0 N–H and O–H groups in total. The van der Waals surface area contributed by atoms with E-state index in [2.05, 4.69) is 0 Å². The fourth-order valence-corrected chi connectivity index (χ4v) is 4.20. The minimum Gasteiger partial charge on any atom is -0.743 e. The molecule has 0 aromatic rings. The van der Waals surface area contributed by atoms with E-state index in [9.17, 15) is 21.8 Å². The molecule has 0 saturated heterocycles. The first-order valence-corrected chi connectivity index (χ1v) is 7.58. The van der Waals surface area contributed by atoms with Crippen molar-refractivity contribution in [2.45, 2.75) is 50.2 Å². The van der Waals surface area contributed by atoms with Gasteiger partial charge in [0.25, 0.3) is 0 Å². The molecule has 3 unspecified atom stereocenters. The molecule has 0 heterocycles. The van der Waals surface area contributed by atoms with Crippen molar-refractivity contribution < 1.29 is 21.8 Å². The molecule has 2 aliphatic carbocycles. The SMILES string of the molecule is O=S(=O)([O-])C(F)(F)C1CCCC2CCCCC21. The van der Waals surface area contributed by atoms with E-state index in [1.165, 1.54) is 0 Å². The van der Waals surface area contributed by atoms with Crippen molar-refractivity contribution in [1.82, 2.24) is 0 Å². The van der Waals surface area contributed by atoms with Crippen LogP contribution in [0.1, 0.15) is 44.9 Å². The van der Waals surface area contributed by atoms with Crippen molar-refractivity contribution in [3.63, 3.8) is 0 Å². The fourth-order valence-electron chi connectivity index (χ4n) is 3.54. The van der Waals surface area contributed by atoms with Gasteiger partial charge < -0.3 is 4.55 Å². The zero-order valence-corrected chi connectivity index (χ0v) is 10.4. The molecule has 100 valence electrons. The highest BCUT2D eigenvalue weighted by molar-refractivity contribution is 7.86. The highest BCUT2D eigenvalue weighted by atomic mass is 32.2. The lowest BCUT2D eigenvalue weighted by atomic mass is 9.65. The fraction of sp³-hybridized carbons (Fsp3) is 1.00. The van der Waals surface area contributed by atoms with Gasteiger partial charge in [0.05, 0.1) is 0 Å². The third-order valence-corrected chi connectivity index (χ3v) is 5.31. The smallest absolute Gasteiger partial charge is 0.337 e. The molecule has 0 amide bonds. The first-order valence-electron chi connectivity index (χ1n) is 6.17. The summed E-state index contributed by atoms with van der Waals surface area (Å²) in [4.78, 5) is 0. The van der Waals surface area contributed by atoms with E-state index in [0.717, 1.165) is 25.7 Å². The quantitative estimate of drug-likeness (QED) is 0.723. The third-order valence-electron chi connectivity index (χ3n) is 4.34. The van der Waals surface area contributed by atoms with Crippen LogP contribution in [0.3, 0.4) is 0 Å². The van der Waals surface area contributed by atoms with Crippen LogP contribution in [0.15, 0.2) is 0 Å². The first kappa shape index (κ1) is 13.2. The largest absolute Gasteiger partial charge is 0.743 e. The predicted octanol–water partition coefficient (Wildman–Crippen LogP) is 2.73. The van der Waals surface area contributed by atoms with Gasteiger partial charge in [-0.15, -0.1) is 0 Å². The molecule has 3 atom stereocenters. The Balaban J connectivity index is 2.25.